The second-order valence-corrected chi connectivity index (χ2v) is 6.72. The van der Waals surface area contributed by atoms with Gasteiger partial charge in [0.15, 0.2) is 0 Å². The molecular formula is C12H20BNO4. The van der Waals surface area contributed by atoms with Crippen molar-refractivity contribution >= 4 is 13.2 Å². The van der Waals surface area contributed by atoms with Crippen LogP contribution < -0.4 is 0 Å². The van der Waals surface area contributed by atoms with Gasteiger partial charge in [-0.1, -0.05) is 0 Å². The maximum atomic E-state index is 10.9. The van der Waals surface area contributed by atoms with Crippen LogP contribution in [0.5, 0.6) is 0 Å². The number of rotatable bonds is 1. The molecule has 3 fully saturated rings. The van der Waals surface area contributed by atoms with Crippen molar-refractivity contribution < 1.29 is 19.2 Å². The standard InChI is InChI=1S/C12H20BNO4/c1-11(2)12(3,4)18-13(17-11)9-7-5-14(10(15)16)6-8(7)9/h7-9H,5-6H2,1-4H3,(H,15,16)/t7-,8?,9?/m1/s1. The molecule has 2 unspecified atom stereocenters. The molecule has 0 aromatic heterocycles. The van der Waals surface area contributed by atoms with E-state index in [1.165, 1.54) is 4.90 Å². The normalized spacial score (nSPS) is 39.9. The molecular weight excluding hydrogens is 233 g/mol. The molecule has 1 amide bonds. The lowest BCUT2D eigenvalue weighted by Gasteiger charge is -2.32. The smallest absolute Gasteiger partial charge is 0.461 e. The van der Waals surface area contributed by atoms with Crippen molar-refractivity contribution in [1.82, 2.24) is 4.90 Å². The molecule has 2 heterocycles. The topological polar surface area (TPSA) is 59.0 Å². The largest absolute Gasteiger partial charge is 0.465 e. The molecule has 100 valence electrons. The monoisotopic (exact) mass is 253 g/mol. The first kappa shape index (κ1) is 12.3. The van der Waals surface area contributed by atoms with Crippen LogP contribution in [-0.4, -0.2) is 47.5 Å². The average Bonchev–Trinajstić information content (AvgIpc) is 2.60. The van der Waals surface area contributed by atoms with E-state index in [0.717, 1.165) is 0 Å². The van der Waals surface area contributed by atoms with Crippen molar-refractivity contribution in [2.45, 2.75) is 44.7 Å². The Morgan fingerprint density at radius 2 is 1.61 bits per heavy atom. The molecule has 0 spiro atoms. The van der Waals surface area contributed by atoms with E-state index >= 15 is 0 Å². The maximum absolute atomic E-state index is 10.9. The number of piperidine rings is 1. The summed E-state index contributed by atoms with van der Waals surface area (Å²) < 4.78 is 12.1. The van der Waals surface area contributed by atoms with Crippen LogP contribution in [0, 0.1) is 11.8 Å². The van der Waals surface area contributed by atoms with E-state index in [9.17, 15) is 4.79 Å². The lowest BCUT2D eigenvalue weighted by atomic mass is 9.79. The number of likely N-dealkylation sites (tertiary alicyclic amines) is 1. The third-order valence-electron chi connectivity index (χ3n) is 5.12. The molecule has 1 aliphatic carbocycles. The molecule has 3 atom stereocenters. The molecule has 18 heavy (non-hydrogen) atoms. The van der Waals surface area contributed by atoms with Gasteiger partial charge in [-0.25, -0.2) is 4.79 Å². The van der Waals surface area contributed by atoms with Crippen molar-refractivity contribution in [3.05, 3.63) is 0 Å². The summed E-state index contributed by atoms with van der Waals surface area (Å²) in [6.45, 7) is 9.47. The van der Waals surface area contributed by atoms with Gasteiger partial charge in [0.25, 0.3) is 0 Å². The highest BCUT2D eigenvalue weighted by Crippen LogP contribution is 2.61. The fourth-order valence-corrected chi connectivity index (χ4v) is 3.18. The molecule has 2 aliphatic heterocycles. The Morgan fingerprint density at radius 3 is 2.00 bits per heavy atom. The summed E-state index contributed by atoms with van der Waals surface area (Å²) in [5, 5.41) is 8.93. The van der Waals surface area contributed by atoms with E-state index in [2.05, 4.69) is 27.7 Å². The molecule has 2 saturated heterocycles. The van der Waals surface area contributed by atoms with Gasteiger partial charge in [0.1, 0.15) is 0 Å². The Kier molecular flexibility index (Phi) is 2.34. The highest BCUT2D eigenvalue weighted by atomic mass is 16.7. The van der Waals surface area contributed by atoms with E-state index in [4.69, 9.17) is 14.4 Å². The van der Waals surface area contributed by atoms with E-state index < -0.39 is 6.09 Å². The molecule has 0 radical (unpaired) electrons. The first-order chi connectivity index (χ1) is 8.23. The van der Waals surface area contributed by atoms with Gasteiger partial charge in [-0.2, -0.15) is 0 Å². The van der Waals surface area contributed by atoms with Crippen molar-refractivity contribution in [2.24, 2.45) is 11.8 Å². The van der Waals surface area contributed by atoms with E-state index in [0.29, 0.717) is 30.7 Å². The van der Waals surface area contributed by atoms with Crippen LogP contribution in [0.1, 0.15) is 27.7 Å². The van der Waals surface area contributed by atoms with Gasteiger partial charge in [0.05, 0.1) is 11.2 Å². The lowest BCUT2D eigenvalue weighted by Crippen LogP contribution is -2.41. The number of hydrogen-bond acceptors (Lipinski definition) is 3. The SMILES string of the molecule is CC1(C)OB(C2C3CN(C(=O)O)C[C@H]32)OC1(C)C. The van der Waals surface area contributed by atoms with Crippen molar-refractivity contribution in [3.63, 3.8) is 0 Å². The van der Waals surface area contributed by atoms with Crippen LogP contribution in [0.3, 0.4) is 0 Å². The number of fused-ring (bicyclic) bond motifs is 1. The summed E-state index contributed by atoms with van der Waals surface area (Å²) in [6.07, 6.45) is -0.810. The zero-order chi connectivity index (χ0) is 13.3. The van der Waals surface area contributed by atoms with Crippen LogP contribution in [0.25, 0.3) is 0 Å². The second kappa shape index (κ2) is 3.42. The van der Waals surface area contributed by atoms with Gasteiger partial charge >= 0.3 is 13.2 Å². The minimum absolute atomic E-state index is 0.166. The Balaban J connectivity index is 1.64. The van der Waals surface area contributed by atoms with Gasteiger partial charge < -0.3 is 19.3 Å². The number of hydrogen-bond donors (Lipinski definition) is 1. The minimum atomic E-state index is -0.810. The first-order valence-electron chi connectivity index (χ1n) is 6.56. The molecule has 1 saturated carbocycles. The minimum Gasteiger partial charge on any atom is -0.465 e. The first-order valence-corrected chi connectivity index (χ1v) is 6.56. The molecule has 1 N–H and O–H groups in total. The zero-order valence-corrected chi connectivity index (χ0v) is 11.3. The van der Waals surface area contributed by atoms with Gasteiger partial charge in [0.2, 0.25) is 0 Å². The Bertz CT molecular complexity index is 370. The second-order valence-electron chi connectivity index (χ2n) is 6.72. The van der Waals surface area contributed by atoms with Crippen LogP contribution in [0.4, 0.5) is 4.79 Å². The molecule has 6 heteroatoms. The lowest BCUT2D eigenvalue weighted by molar-refractivity contribution is 0.00578. The molecule has 0 aromatic carbocycles. The molecule has 3 aliphatic rings. The number of nitrogens with zero attached hydrogens (tertiary/aromatic N) is 1. The van der Waals surface area contributed by atoms with Crippen molar-refractivity contribution in [1.29, 1.82) is 0 Å². The van der Waals surface area contributed by atoms with E-state index in [1.807, 2.05) is 0 Å². The third kappa shape index (κ3) is 1.58. The summed E-state index contributed by atoms with van der Waals surface area (Å²) in [7, 11) is -0.166. The highest BCUT2D eigenvalue weighted by Gasteiger charge is 2.67. The van der Waals surface area contributed by atoms with E-state index in [-0.39, 0.29) is 18.3 Å². The third-order valence-corrected chi connectivity index (χ3v) is 5.12. The average molecular weight is 253 g/mol. The summed E-state index contributed by atoms with van der Waals surface area (Å²) in [4.78, 5) is 12.4. The van der Waals surface area contributed by atoms with E-state index in [1.54, 1.807) is 0 Å². The van der Waals surface area contributed by atoms with Gasteiger partial charge in [-0.3, -0.25) is 0 Å². The number of amides is 1. The fourth-order valence-electron chi connectivity index (χ4n) is 3.18. The molecule has 0 aromatic rings. The number of carboxylic acid groups (broad SMARTS) is 1. The Morgan fingerprint density at radius 1 is 1.17 bits per heavy atom. The summed E-state index contributed by atoms with van der Waals surface area (Å²) in [5.74, 6) is 1.23. The quantitative estimate of drug-likeness (QED) is 0.722. The van der Waals surface area contributed by atoms with Crippen molar-refractivity contribution in [2.75, 3.05) is 13.1 Å². The molecule has 5 nitrogen and oxygen atoms in total. The van der Waals surface area contributed by atoms with Gasteiger partial charge in [-0.05, 0) is 39.5 Å². The maximum Gasteiger partial charge on any atom is 0.461 e. The van der Waals surface area contributed by atoms with Crippen molar-refractivity contribution in [3.8, 4) is 0 Å². The van der Waals surface area contributed by atoms with Gasteiger partial charge in [-0.15, -0.1) is 0 Å². The van der Waals surface area contributed by atoms with Crippen LogP contribution in [-0.2, 0) is 9.31 Å². The predicted molar refractivity (Wildman–Crippen MR) is 66.4 cm³/mol. The predicted octanol–water partition coefficient (Wildman–Crippen LogP) is 1.69. The number of carbonyl (C=O) groups is 1. The van der Waals surface area contributed by atoms with Gasteiger partial charge in [0, 0.05) is 18.9 Å². The molecule has 0 bridgehead atoms. The summed E-state index contributed by atoms with van der Waals surface area (Å²) in [5.41, 5.74) is -0.581. The van der Waals surface area contributed by atoms with Crippen LogP contribution in [0.15, 0.2) is 0 Å². The van der Waals surface area contributed by atoms with Crippen LogP contribution in [0.2, 0.25) is 5.82 Å². The summed E-state index contributed by atoms with van der Waals surface area (Å²) in [6, 6.07) is 0. The zero-order valence-electron chi connectivity index (χ0n) is 11.3. The highest BCUT2D eigenvalue weighted by molar-refractivity contribution is 6.49. The summed E-state index contributed by atoms with van der Waals surface area (Å²) >= 11 is 0. The Labute approximate surface area is 108 Å². The molecule has 3 rings (SSSR count). The fraction of sp³-hybridized carbons (Fsp3) is 0.917. The Hall–Kier alpha value is -0.745. The van der Waals surface area contributed by atoms with Crippen LogP contribution >= 0.6 is 0 Å².